The largest absolute Gasteiger partial charge is 0.508 e. The minimum atomic E-state index is -4.49. The van der Waals surface area contributed by atoms with Crippen LogP contribution in [0, 0.1) is 0 Å². The molecule has 82 valence electrons. The molecule has 0 aliphatic rings. The highest BCUT2D eigenvalue weighted by atomic mass is 19.4. The van der Waals surface area contributed by atoms with E-state index in [2.05, 4.69) is 6.58 Å². The molecular weight excluding hydrogens is 207 g/mol. The number of halogens is 3. The molecule has 1 unspecified atom stereocenters. The Kier molecular flexibility index (Phi) is 3.04. The van der Waals surface area contributed by atoms with E-state index >= 15 is 0 Å². The SMILES string of the molecule is C=CC(N)c1cc(O)cc(C(F)(F)F)c1. The third-order valence-corrected chi connectivity index (χ3v) is 1.91. The molecule has 0 aliphatic heterocycles. The second-order valence-electron chi connectivity index (χ2n) is 3.07. The van der Waals surface area contributed by atoms with Gasteiger partial charge in [-0.05, 0) is 23.8 Å². The molecule has 0 aromatic heterocycles. The van der Waals surface area contributed by atoms with Crippen molar-refractivity contribution < 1.29 is 18.3 Å². The van der Waals surface area contributed by atoms with E-state index in [1.54, 1.807) is 0 Å². The minimum absolute atomic E-state index is 0.178. The maximum Gasteiger partial charge on any atom is 0.416 e. The summed E-state index contributed by atoms with van der Waals surface area (Å²) in [6, 6.07) is 2.01. The van der Waals surface area contributed by atoms with Crippen LogP contribution in [0.1, 0.15) is 17.2 Å². The van der Waals surface area contributed by atoms with E-state index in [4.69, 9.17) is 10.8 Å². The van der Waals surface area contributed by atoms with Crippen LogP contribution in [0.25, 0.3) is 0 Å². The summed E-state index contributed by atoms with van der Waals surface area (Å²) < 4.78 is 37.0. The summed E-state index contributed by atoms with van der Waals surface area (Å²) in [5.41, 5.74) is 4.74. The van der Waals surface area contributed by atoms with Crippen molar-refractivity contribution >= 4 is 0 Å². The lowest BCUT2D eigenvalue weighted by molar-refractivity contribution is -0.137. The molecule has 1 atom stereocenters. The van der Waals surface area contributed by atoms with Gasteiger partial charge in [-0.2, -0.15) is 13.2 Å². The third-order valence-electron chi connectivity index (χ3n) is 1.91. The standard InChI is InChI=1S/C10H10F3NO/c1-2-9(14)6-3-7(10(11,12)13)5-8(15)4-6/h2-5,9,15H,1,14H2. The van der Waals surface area contributed by atoms with Crippen molar-refractivity contribution in [2.24, 2.45) is 5.73 Å². The maximum atomic E-state index is 12.3. The normalized spacial score (nSPS) is 13.6. The van der Waals surface area contributed by atoms with E-state index in [0.29, 0.717) is 6.07 Å². The second-order valence-corrected chi connectivity index (χ2v) is 3.07. The van der Waals surface area contributed by atoms with Gasteiger partial charge in [0.15, 0.2) is 0 Å². The summed E-state index contributed by atoms with van der Waals surface area (Å²) in [5.74, 6) is -0.461. The first-order chi connectivity index (χ1) is 6.84. The molecule has 3 N–H and O–H groups in total. The number of hydrogen-bond acceptors (Lipinski definition) is 2. The Morgan fingerprint density at radius 2 is 1.93 bits per heavy atom. The highest BCUT2D eigenvalue weighted by Crippen LogP contribution is 2.33. The fourth-order valence-corrected chi connectivity index (χ4v) is 1.13. The Morgan fingerprint density at radius 3 is 2.40 bits per heavy atom. The molecule has 0 radical (unpaired) electrons. The molecule has 0 saturated heterocycles. The Labute approximate surface area is 84.8 Å². The molecule has 0 aliphatic carbocycles. The van der Waals surface area contributed by atoms with Crippen LogP contribution in [0.2, 0.25) is 0 Å². The zero-order chi connectivity index (χ0) is 11.6. The average Bonchev–Trinajstić information content (AvgIpc) is 2.14. The number of phenols is 1. The smallest absolute Gasteiger partial charge is 0.416 e. The fraction of sp³-hybridized carbons (Fsp3) is 0.200. The van der Waals surface area contributed by atoms with E-state index in [1.807, 2.05) is 0 Å². The van der Waals surface area contributed by atoms with E-state index in [0.717, 1.165) is 6.07 Å². The van der Waals surface area contributed by atoms with Gasteiger partial charge in [0.2, 0.25) is 0 Å². The zero-order valence-electron chi connectivity index (χ0n) is 7.75. The van der Waals surface area contributed by atoms with Gasteiger partial charge in [-0.3, -0.25) is 0 Å². The Balaban J connectivity index is 3.22. The first-order valence-corrected chi connectivity index (χ1v) is 4.14. The molecule has 0 spiro atoms. The van der Waals surface area contributed by atoms with Crippen molar-refractivity contribution in [3.05, 3.63) is 42.0 Å². The van der Waals surface area contributed by atoms with Crippen molar-refractivity contribution in [3.8, 4) is 5.75 Å². The van der Waals surface area contributed by atoms with Crippen molar-refractivity contribution in [2.45, 2.75) is 12.2 Å². The summed E-state index contributed by atoms with van der Waals surface area (Å²) in [7, 11) is 0. The Bertz CT molecular complexity index is 373. The predicted molar refractivity (Wildman–Crippen MR) is 50.2 cm³/mol. The highest BCUT2D eigenvalue weighted by molar-refractivity contribution is 5.37. The maximum absolute atomic E-state index is 12.3. The number of phenolic OH excluding ortho intramolecular Hbond substituents is 1. The van der Waals surface area contributed by atoms with Crippen LogP contribution in [0.4, 0.5) is 13.2 Å². The van der Waals surface area contributed by atoms with E-state index in [-0.39, 0.29) is 5.56 Å². The van der Waals surface area contributed by atoms with E-state index < -0.39 is 23.5 Å². The number of rotatable bonds is 2. The Hall–Kier alpha value is -1.49. The zero-order valence-corrected chi connectivity index (χ0v) is 7.75. The molecule has 1 rings (SSSR count). The lowest BCUT2D eigenvalue weighted by Crippen LogP contribution is -2.10. The summed E-state index contributed by atoms with van der Waals surface area (Å²) in [5, 5.41) is 9.11. The van der Waals surface area contributed by atoms with Gasteiger partial charge in [0.25, 0.3) is 0 Å². The molecule has 0 bridgehead atoms. The van der Waals surface area contributed by atoms with Gasteiger partial charge in [0.1, 0.15) is 5.75 Å². The third kappa shape index (κ3) is 2.73. The number of alkyl halides is 3. The molecule has 2 nitrogen and oxygen atoms in total. The van der Waals surface area contributed by atoms with Crippen LogP contribution >= 0.6 is 0 Å². The van der Waals surface area contributed by atoms with Crippen LogP contribution in [-0.2, 0) is 6.18 Å². The first kappa shape index (κ1) is 11.6. The number of nitrogens with two attached hydrogens (primary N) is 1. The lowest BCUT2D eigenvalue weighted by Gasteiger charge is -2.12. The molecule has 0 heterocycles. The molecular formula is C10H10F3NO. The van der Waals surface area contributed by atoms with Crippen LogP contribution in [0.3, 0.4) is 0 Å². The van der Waals surface area contributed by atoms with Gasteiger partial charge in [0.05, 0.1) is 5.56 Å². The first-order valence-electron chi connectivity index (χ1n) is 4.14. The van der Waals surface area contributed by atoms with Gasteiger partial charge in [-0.25, -0.2) is 0 Å². The topological polar surface area (TPSA) is 46.2 Å². The monoisotopic (exact) mass is 217 g/mol. The molecule has 1 aromatic carbocycles. The van der Waals surface area contributed by atoms with E-state index in [1.165, 1.54) is 12.1 Å². The molecule has 5 heteroatoms. The van der Waals surface area contributed by atoms with Crippen molar-refractivity contribution in [2.75, 3.05) is 0 Å². The van der Waals surface area contributed by atoms with Gasteiger partial charge < -0.3 is 10.8 Å². The quantitative estimate of drug-likeness (QED) is 0.748. The molecule has 1 aromatic rings. The van der Waals surface area contributed by atoms with Gasteiger partial charge in [-0.15, -0.1) is 6.58 Å². The Morgan fingerprint density at radius 1 is 1.33 bits per heavy atom. The van der Waals surface area contributed by atoms with Gasteiger partial charge in [-0.1, -0.05) is 6.08 Å². The molecule has 0 saturated carbocycles. The minimum Gasteiger partial charge on any atom is -0.508 e. The lowest BCUT2D eigenvalue weighted by atomic mass is 10.0. The number of aromatic hydroxyl groups is 1. The van der Waals surface area contributed by atoms with Crippen LogP contribution < -0.4 is 5.73 Å². The van der Waals surface area contributed by atoms with Crippen molar-refractivity contribution in [1.29, 1.82) is 0 Å². The number of hydrogen-bond donors (Lipinski definition) is 2. The van der Waals surface area contributed by atoms with E-state index in [9.17, 15) is 13.2 Å². The second kappa shape index (κ2) is 3.94. The summed E-state index contributed by atoms with van der Waals surface area (Å²) in [6.07, 6.45) is -3.19. The number of benzene rings is 1. The van der Waals surface area contributed by atoms with Crippen LogP contribution in [-0.4, -0.2) is 5.11 Å². The summed E-state index contributed by atoms with van der Waals surface area (Å²) >= 11 is 0. The van der Waals surface area contributed by atoms with Crippen molar-refractivity contribution in [1.82, 2.24) is 0 Å². The highest BCUT2D eigenvalue weighted by Gasteiger charge is 2.31. The average molecular weight is 217 g/mol. The van der Waals surface area contributed by atoms with Crippen molar-refractivity contribution in [3.63, 3.8) is 0 Å². The molecule has 15 heavy (non-hydrogen) atoms. The van der Waals surface area contributed by atoms with Crippen LogP contribution in [0.15, 0.2) is 30.9 Å². The molecule has 0 fully saturated rings. The van der Waals surface area contributed by atoms with Gasteiger partial charge >= 0.3 is 6.18 Å². The van der Waals surface area contributed by atoms with Crippen LogP contribution in [0.5, 0.6) is 5.75 Å². The summed E-state index contributed by atoms with van der Waals surface area (Å²) in [4.78, 5) is 0. The summed E-state index contributed by atoms with van der Waals surface area (Å²) in [6.45, 7) is 3.37. The molecule has 0 amide bonds. The predicted octanol–water partition coefficient (Wildman–Crippen LogP) is 2.60. The fourth-order valence-electron chi connectivity index (χ4n) is 1.13. The van der Waals surface area contributed by atoms with Gasteiger partial charge in [0, 0.05) is 6.04 Å².